The molecule has 0 radical (unpaired) electrons. The summed E-state index contributed by atoms with van der Waals surface area (Å²) in [6, 6.07) is 7.04. The van der Waals surface area contributed by atoms with Gasteiger partial charge in [0.05, 0.1) is 0 Å². The fraction of sp³-hybridized carbons (Fsp3) is 0.571. The number of hydrogen-bond acceptors (Lipinski definition) is 3. The molecule has 1 aromatic rings. The van der Waals surface area contributed by atoms with Crippen LogP contribution in [0.25, 0.3) is 0 Å². The normalized spacial score (nSPS) is 18.8. The molecule has 1 unspecified atom stereocenters. The van der Waals surface area contributed by atoms with Gasteiger partial charge in [0.15, 0.2) is 0 Å². The zero-order valence-electron chi connectivity index (χ0n) is 10.9. The predicted molar refractivity (Wildman–Crippen MR) is 76.6 cm³/mol. The summed E-state index contributed by atoms with van der Waals surface area (Å²) in [5.74, 6) is 2.34. The van der Waals surface area contributed by atoms with E-state index in [0.717, 1.165) is 18.7 Å². The van der Waals surface area contributed by atoms with Crippen LogP contribution in [-0.2, 0) is 0 Å². The van der Waals surface area contributed by atoms with Crippen molar-refractivity contribution >= 4 is 11.8 Å². The van der Waals surface area contributed by atoms with Gasteiger partial charge in [0, 0.05) is 43.7 Å². The van der Waals surface area contributed by atoms with E-state index in [1.165, 1.54) is 30.7 Å². The summed E-state index contributed by atoms with van der Waals surface area (Å²) in [5, 5.41) is 3.46. The van der Waals surface area contributed by atoms with E-state index in [0.29, 0.717) is 0 Å². The second kappa shape index (κ2) is 7.12. The monoisotopic (exact) mass is 268 g/mol. The molecule has 0 saturated carbocycles. The molecule has 2 nitrogen and oxygen atoms in total. The van der Waals surface area contributed by atoms with Gasteiger partial charge < -0.3 is 10.2 Å². The highest BCUT2D eigenvalue weighted by Gasteiger charge is 2.10. The molecule has 100 valence electrons. The van der Waals surface area contributed by atoms with Crippen LogP contribution >= 0.6 is 11.8 Å². The molecule has 1 fully saturated rings. The van der Waals surface area contributed by atoms with Crippen LogP contribution in [0.3, 0.4) is 0 Å². The second-order valence-electron chi connectivity index (χ2n) is 4.68. The minimum Gasteiger partial charge on any atom is -0.309 e. The lowest BCUT2D eigenvalue weighted by Crippen LogP contribution is -2.38. The number of nitrogens with zero attached hydrogens (tertiary/aromatic N) is 1. The maximum atomic E-state index is 13.1. The fourth-order valence-electron chi connectivity index (χ4n) is 2.16. The second-order valence-corrected chi connectivity index (χ2v) is 5.91. The van der Waals surface area contributed by atoms with Crippen molar-refractivity contribution in [2.24, 2.45) is 0 Å². The molecule has 1 aromatic carbocycles. The van der Waals surface area contributed by atoms with Gasteiger partial charge in [-0.05, 0) is 24.6 Å². The van der Waals surface area contributed by atoms with Crippen LogP contribution in [0.4, 0.5) is 4.39 Å². The molecule has 1 saturated heterocycles. The summed E-state index contributed by atoms with van der Waals surface area (Å²) in [6.45, 7) is 6.52. The van der Waals surface area contributed by atoms with Gasteiger partial charge in [-0.2, -0.15) is 11.8 Å². The summed E-state index contributed by atoms with van der Waals surface area (Å²) in [4.78, 5) is 2.49. The molecule has 0 aliphatic carbocycles. The molecule has 0 spiro atoms. The highest BCUT2D eigenvalue weighted by molar-refractivity contribution is 7.99. The van der Waals surface area contributed by atoms with Gasteiger partial charge in [-0.25, -0.2) is 4.39 Å². The maximum absolute atomic E-state index is 13.1. The first-order valence-electron chi connectivity index (χ1n) is 6.54. The minimum atomic E-state index is -0.158. The quantitative estimate of drug-likeness (QED) is 0.883. The van der Waals surface area contributed by atoms with Gasteiger partial charge in [0.2, 0.25) is 0 Å². The van der Waals surface area contributed by atoms with Crippen LogP contribution in [0.2, 0.25) is 0 Å². The van der Waals surface area contributed by atoms with Gasteiger partial charge in [-0.1, -0.05) is 12.1 Å². The number of nitrogens with one attached hydrogen (secondary N) is 1. The molecule has 1 N–H and O–H groups in total. The van der Waals surface area contributed by atoms with Crippen molar-refractivity contribution in [3.8, 4) is 0 Å². The average molecular weight is 268 g/mol. The Balaban J connectivity index is 1.72. The molecule has 1 atom stereocenters. The summed E-state index contributed by atoms with van der Waals surface area (Å²) in [6.07, 6.45) is 0. The lowest BCUT2D eigenvalue weighted by molar-refractivity contribution is 0.296. The number of hydrogen-bond donors (Lipinski definition) is 1. The topological polar surface area (TPSA) is 15.3 Å². The van der Waals surface area contributed by atoms with Crippen LogP contribution in [-0.4, -0.2) is 42.6 Å². The van der Waals surface area contributed by atoms with Crippen LogP contribution in [0.15, 0.2) is 24.3 Å². The number of halogens is 1. The Hall–Kier alpha value is -0.580. The molecule has 1 aliphatic rings. The van der Waals surface area contributed by atoms with Crippen LogP contribution < -0.4 is 5.32 Å². The molecule has 4 heteroatoms. The lowest BCUT2D eigenvalue weighted by Gasteiger charge is -2.26. The first kappa shape index (κ1) is 13.8. The third-order valence-corrected chi connectivity index (χ3v) is 4.27. The summed E-state index contributed by atoms with van der Waals surface area (Å²) in [7, 11) is 0. The van der Waals surface area contributed by atoms with Crippen LogP contribution in [0.1, 0.15) is 18.5 Å². The van der Waals surface area contributed by atoms with Gasteiger partial charge >= 0.3 is 0 Å². The Labute approximate surface area is 113 Å². The zero-order chi connectivity index (χ0) is 12.8. The van der Waals surface area contributed by atoms with Gasteiger partial charge in [-0.3, -0.25) is 0 Å². The molecule has 0 bridgehead atoms. The van der Waals surface area contributed by atoms with Crippen LogP contribution in [0, 0.1) is 5.82 Å². The first-order valence-corrected chi connectivity index (χ1v) is 7.70. The largest absolute Gasteiger partial charge is 0.309 e. The molecular weight excluding hydrogens is 247 g/mol. The first-order chi connectivity index (χ1) is 8.75. The zero-order valence-corrected chi connectivity index (χ0v) is 11.7. The van der Waals surface area contributed by atoms with Crippen molar-refractivity contribution in [3.05, 3.63) is 35.6 Å². The SMILES string of the molecule is CC(NCCN1CCSCC1)c1cccc(F)c1. The van der Waals surface area contributed by atoms with Crippen molar-refractivity contribution in [1.82, 2.24) is 10.2 Å². The molecule has 0 aromatic heterocycles. The van der Waals surface area contributed by atoms with Gasteiger partial charge in [0.1, 0.15) is 5.82 Å². The van der Waals surface area contributed by atoms with E-state index in [9.17, 15) is 4.39 Å². The Morgan fingerprint density at radius 3 is 2.89 bits per heavy atom. The van der Waals surface area contributed by atoms with E-state index in [-0.39, 0.29) is 11.9 Å². The average Bonchev–Trinajstić information content (AvgIpc) is 2.40. The number of rotatable bonds is 5. The highest BCUT2D eigenvalue weighted by atomic mass is 32.2. The predicted octanol–water partition coefficient (Wildman–Crippen LogP) is 2.53. The minimum absolute atomic E-state index is 0.158. The smallest absolute Gasteiger partial charge is 0.123 e. The summed E-state index contributed by atoms with van der Waals surface area (Å²) < 4.78 is 13.1. The maximum Gasteiger partial charge on any atom is 0.123 e. The molecule has 2 rings (SSSR count). The molecule has 18 heavy (non-hydrogen) atoms. The van der Waals surface area contributed by atoms with E-state index in [4.69, 9.17) is 0 Å². The Kier molecular flexibility index (Phi) is 5.47. The number of thioether (sulfide) groups is 1. The van der Waals surface area contributed by atoms with Gasteiger partial charge in [0.25, 0.3) is 0 Å². The summed E-state index contributed by atoms with van der Waals surface area (Å²) in [5.41, 5.74) is 1.02. The highest BCUT2D eigenvalue weighted by Crippen LogP contribution is 2.13. The van der Waals surface area contributed by atoms with E-state index in [1.807, 2.05) is 17.8 Å². The van der Waals surface area contributed by atoms with Crippen molar-refractivity contribution in [2.45, 2.75) is 13.0 Å². The summed E-state index contributed by atoms with van der Waals surface area (Å²) >= 11 is 2.03. The molecule has 1 heterocycles. The standard InChI is InChI=1S/C14H21FN2S/c1-12(13-3-2-4-14(15)11-13)16-5-6-17-7-9-18-10-8-17/h2-4,11-12,16H,5-10H2,1H3. The van der Waals surface area contributed by atoms with Crippen LogP contribution in [0.5, 0.6) is 0 Å². The van der Waals surface area contributed by atoms with E-state index in [1.54, 1.807) is 12.1 Å². The number of benzene rings is 1. The third kappa shape index (κ3) is 4.26. The van der Waals surface area contributed by atoms with E-state index in [2.05, 4.69) is 17.1 Å². The Bertz CT molecular complexity index is 367. The van der Waals surface area contributed by atoms with E-state index >= 15 is 0 Å². The molecular formula is C14H21FN2S. The van der Waals surface area contributed by atoms with Gasteiger partial charge in [-0.15, -0.1) is 0 Å². The van der Waals surface area contributed by atoms with Crippen molar-refractivity contribution in [1.29, 1.82) is 0 Å². The van der Waals surface area contributed by atoms with E-state index < -0.39 is 0 Å². The van der Waals surface area contributed by atoms with Crippen molar-refractivity contribution < 1.29 is 4.39 Å². The fourth-order valence-corrected chi connectivity index (χ4v) is 3.14. The Morgan fingerprint density at radius 1 is 1.39 bits per heavy atom. The third-order valence-electron chi connectivity index (χ3n) is 3.33. The lowest BCUT2D eigenvalue weighted by atomic mass is 10.1. The molecule has 0 amide bonds. The Morgan fingerprint density at radius 2 is 2.17 bits per heavy atom. The van der Waals surface area contributed by atoms with Crippen molar-refractivity contribution in [2.75, 3.05) is 37.7 Å². The van der Waals surface area contributed by atoms with Crippen molar-refractivity contribution in [3.63, 3.8) is 0 Å². The molecule has 1 aliphatic heterocycles.